The first kappa shape index (κ1) is 10.1. The second kappa shape index (κ2) is 4.44. The van der Waals surface area contributed by atoms with Crippen LogP contribution < -0.4 is 10.9 Å². The largest absolute Gasteiger partial charge is 0.321 e. The number of rotatable bonds is 2. The molecular formula is C15H14N2. The Morgan fingerprint density at radius 1 is 0.706 bits per heavy atom. The number of hydrazine groups is 1. The van der Waals surface area contributed by atoms with Crippen LogP contribution in [0.2, 0.25) is 0 Å². The molecule has 1 aliphatic heterocycles. The van der Waals surface area contributed by atoms with Crippen molar-refractivity contribution in [2.45, 2.75) is 0 Å². The Hall–Kier alpha value is -2.06. The van der Waals surface area contributed by atoms with Gasteiger partial charge in [0.05, 0.1) is 5.70 Å². The number of hydrogen-bond acceptors (Lipinski definition) is 2. The molecule has 0 atom stereocenters. The van der Waals surface area contributed by atoms with Crippen LogP contribution in [-0.4, -0.2) is 6.54 Å². The molecule has 2 heteroatoms. The van der Waals surface area contributed by atoms with E-state index < -0.39 is 0 Å². The van der Waals surface area contributed by atoms with E-state index >= 15 is 0 Å². The van der Waals surface area contributed by atoms with E-state index in [0.29, 0.717) is 0 Å². The Labute approximate surface area is 101 Å². The summed E-state index contributed by atoms with van der Waals surface area (Å²) in [7, 11) is 0. The van der Waals surface area contributed by atoms with Gasteiger partial charge in [-0.1, -0.05) is 54.6 Å². The molecule has 0 radical (unpaired) electrons. The maximum atomic E-state index is 3.14. The first-order valence-corrected chi connectivity index (χ1v) is 5.78. The SMILES string of the molecule is C1=C(c2ccc(-c3ccccc3)cc2)NNC1. The van der Waals surface area contributed by atoms with Crippen LogP contribution in [0.1, 0.15) is 5.56 Å². The topological polar surface area (TPSA) is 24.1 Å². The van der Waals surface area contributed by atoms with E-state index in [-0.39, 0.29) is 0 Å². The molecule has 2 aromatic carbocycles. The molecule has 0 saturated heterocycles. The third-order valence-corrected chi connectivity index (χ3v) is 2.93. The van der Waals surface area contributed by atoms with Crippen molar-refractivity contribution in [1.29, 1.82) is 0 Å². The lowest BCUT2D eigenvalue weighted by atomic mass is 10.0. The van der Waals surface area contributed by atoms with E-state index in [1.165, 1.54) is 16.7 Å². The van der Waals surface area contributed by atoms with Gasteiger partial charge in [0, 0.05) is 6.54 Å². The molecule has 0 amide bonds. The highest BCUT2D eigenvalue weighted by molar-refractivity contribution is 5.70. The number of nitrogens with one attached hydrogen (secondary N) is 2. The highest BCUT2D eigenvalue weighted by Crippen LogP contribution is 2.21. The fourth-order valence-corrected chi connectivity index (χ4v) is 2.01. The van der Waals surface area contributed by atoms with Crippen LogP contribution in [0.25, 0.3) is 16.8 Å². The average molecular weight is 222 g/mol. The molecule has 1 heterocycles. The van der Waals surface area contributed by atoms with Crippen LogP contribution in [-0.2, 0) is 0 Å². The second-order valence-electron chi connectivity index (χ2n) is 4.07. The van der Waals surface area contributed by atoms with Gasteiger partial charge in [-0.3, -0.25) is 0 Å². The number of hydrogen-bond donors (Lipinski definition) is 2. The van der Waals surface area contributed by atoms with Gasteiger partial charge >= 0.3 is 0 Å². The normalized spacial score (nSPS) is 14.2. The summed E-state index contributed by atoms with van der Waals surface area (Å²) in [6, 6.07) is 19.0. The zero-order chi connectivity index (χ0) is 11.5. The summed E-state index contributed by atoms with van der Waals surface area (Å²) in [5.41, 5.74) is 11.1. The van der Waals surface area contributed by atoms with Gasteiger partial charge < -0.3 is 5.43 Å². The molecule has 84 valence electrons. The Balaban J connectivity index is 1.90. The van der Waals surface area contributed by atoms with Crippen LogP contribution in [0.5, 0.6) is 0 Å². The predicted octanol–water partition coefficient (Wildman–Crippen LogP) is 2.80. The lowest BCUT2D eigenvalue weighted by Gasteiger charge is -2.06. The molecule has 17 heavy (non-hydrogen) atoms. The van der Waals surface area contributed by atoms with Gasteiger partial charge in [0.15, 0.2) is 0 Å². The number of benzene rings is 2. The molecule has 0 spiro atoms. The molecule has 0 fully saturated rings. The summed E-state index contributed by atoms with van der Waals surface area (Å²) < 4.78 is 0. The molecule has 2 aromatic rings. The van der Waals surface area contributed by atoms with E-state index in [9.17, 15) is 0 Å². The van der Waals surface area contributed by atoms with Crippen molar-refractivity contribution in [3.05, 3.63) is 66.2 Å². The second-order valence-corrected chi connectivity index (χ2v) is 4.07. The van der Waals surface area contributed by atoms with Gasteiger partial charge in [0.1, 0.15) is 0 Å². The van der Waals surface area contributed by atoms with Gasteiger partial charge in [0.25, 0.3) is 0 Å². The summed E-state index contributed by atoms with van der Waals surface area (Å²) in [4.78, 5) is 0. The molecule has 1 aliphatic rings. The van der Waals surface area contributed by atoms with Crippen molar-refractivity contribution < 1.29 is 0 Å². The van der Waals surface area contributed by atoms with Crippen LogP contribution in [0.15, 0.2) is 60.7 Å². The quantitative estimate of drug-likeness (QED) is 0.816. The van der Waals surface area contributed by atoms with E-state index in [1.54, 1.807) is 0 Å². The Morgan fingerprint density at radius 3 is 2.00 bits per heavy atom. The molecule has 0 aliphatic carbocycles. The Bertz CT molecular complexity index is 527. The first-order valence-electron chi connectivity index (χ1n) is 5.78. The molecule has 0 unspecified atom stereocenters. The molecule has 0 saturated carbocycles. The first-order chi connectivity index (χ1) is 8.43. The van der Waals surface area contributed by atoms with Gasteiger partial charge in [-0.2, -0.15) is 0 Å². The monoisotopic (exact) mass is 222 g/mol. The minimum atomic E-state index is 0.885. The third-order valence-electron chi connectivity index (χ3n) is 2.93. The van der Waals surface area contributed by atoms with Crippen molar-refractivity contribution in [2.75, 3.05) is 6.54 Å². The molecule has 2 N–H and O–H groups in total. The molecule has 2 nitrogen and oxygen atoms in total. The van der Waals surface area contributed by atoms with Crippen LogP contribution >= 0.6 is 0 Å². The zero-order valence-electron chi connectivity index (χ0n) is 9.48. The Morgan fingerprint density at radius 2 is 1.35 bits per heavy atom. The van der Waals surface area contributed by atoms with Crippen molar-refractivity contribution in [2.24, 2.45) is 0 Å². The molecular weight excluding hydrogens is 208 g/mol. The third kappa shape index (κ3) is 2.08. The summed E-state index contributed by atoms with van der Waals surface area (Å²) in [6.07, 6.45) is 2.15. The summed E-state index contributed by atoms with van der Waals surface area (Å²) in [5.74, 6) is 0. The fraction of sp³-hybridized carbons (Fsp3) is 0.0667. The highest BCUT2D eigenvalue weighted by atomic mass is 15.4. The smallest absolute Gasteiger partial charge is 0.0533 e. The summed E-state index contributed by atoms with van der Waals surface area (Å²) in [5, 5.41) is 0. The zero-order valence-corrected chi connectivity index (χ0v) is 9.48. The van der Waals surface area contributed by atoms with E-state index in [2.05, 4.69) is 65.5 Å². The van der Waals surface area contributed by atoms with Gasteiger partial charge in [-0.15, -0.1) is 0 Å². The van der Waals surface area contributed by atoms with Crippen LogP contribution in [0, 0.1) is 0 Å². The highest BCUT2D eigenvalue weighted by Gasteiger charge is 2.05. The molecule has 3 rings (SSSR count). The lowest BCUT2D eigenvalue weighted by molar-refractivity contribution is 0.738. The van der Waals surface area contributed by atoms with Gasteiger partial charge in [-0.25, -0.2) is 5.43 Å². The minimum absolute atomic E-state index is 0.885. The molecule has 0 bridgehead atoms. The summed E-state index contributed by atoms with van der Waals surface area (Å²) in [6.45, 7) is 0.885. The van der Waals surface area contributed by atoms with Crippen molar-refractivity contribution in [1.82, 2.24) is 10.9 Å². The standard InChI is InChI=1S/C15H14N2/c1-2-4-12(5-3-1)13-6-8-14(9-7-13)15-10-11-16-17-15/h1-10,16-17H,11H2. The van der Waals surface area contributed by atoms with E-state index in [1.807, 2.05) is 6.07 Å². The average Bonchev–Trinajstić information content (AvgIpc) is 2.94. The van der Waals surface area contributed by atoms with Crippen molar-refractivity contribution in [3.63, 3.8) is 0 Å². The van der Waals surface area contributed by atoms with Crippen molar-refractivity contribution in [3.8, 4) is 11.1 Å². The molecule has 0 aromatic heterocycles. The predicted molar refractivity (Wildman–Crippen MR) is 71.0 cm³/mol. The van der Waals surface area contributed by atoms with Crippen LogP contribution in [0.4, 0.5) is 0 Å². The summed E-state index contributed by atoms with van der Waals surface area (Å²) >= 11 is 0. The van der Waals surface area contributed by atoms with E-state index in [0.717, 1.165) is 12.2 Å². The van der Waals surface area contributed by atoms with Gasteiger partial charge in [0.2, 0.25) is 0 Å². The lowest BCUT2D eigenvalue weighted by Crippen LogP contribution is -2.22. The van der Waals surface area contributed by atoms with Gasteiger partial charge in [-0.05, 0) is 22.8 Å². The van der Waals surface area contributed by atoms with Crippen LogP contribution in [0.3, 0.4) is 0 Å². The van der Waals surface area contributed by atoms with E-state index in [4.69, 9.17) is 0 Å². The minimum Gasteiger partial charge on any atom is -0.321 e. The maximum absolute atomic E-state index is 3.14. The fourth-order valence-electron chi connectivity index (χ4n) is 2.01. The van der Waals surface area contributed by atoms with Crippen molar-refractivity contribution >= 4 is 5.70 Å². The Kier molecular flexibility index (Phi) is 2.64. The maximum Gasteiger partial charge on any atom is 0.0533 e.